The van der Waals surface area contributed by atoms with Crippen LogP contribution in [0.1, 0.15) is 0 Å². The SMILES string of the molecule is Cl.Cl.Cl.Cl.Cl.O=S(=O)(O)O. The van der Waals surface area contributed by atoms with Crippen molar-refractivity contribution in [1.29, 1.82) is 0 Å². The van der Waals surface area contributed by atoms with Gasteiger partial charge in [0.25, 0.3) is 0 Å². The molecule has 10 heavy (non-hydrogen) atoms. The van der Waals surface area contributed by atoms with Gasteiger partial charge in [-0.15, -0.1) is 62.0 Å². The lowest BCUT2D eigenvalue weighted by Gasteiger charge is -1.68. The largest absolute Gasteiger partial charge is 0.394 e. The smallest absolute Gasteiger partial charge is 0.264 e. The van der Waals surface area contributed by atoms with Crippen LogP contribution in [0.5, 0.6) is 0 Å². The van der Waals surface area contributed by atoms with Crippen LogP contribution in [-0.4, -0.2) is 17.5 Å². The first-order chi connectivity index (χ1) is 2.00. The van der Waals surface area contributed by atoms with Crippen molar-refractivity contribution in [3.63, 3.8) is 0 Å². The average molecular weight is 280 g/mol. The Hall–Kier alpha value is 1.32. The topological polar surface area (TPSA) is 74.6 Å². The highest BCUT2D eigenvalue weighted by molar-refractivity contribution is 7.79. The predicted octanol–water partition coefficient (Wildman–Crippen LogP) is 1.46. The third kappa shape index (κ3) is 370. The summed E-state index contributed by atoms with van der Waals surface area (Å²) in [7, 11) is -4.67. The first-order valence-electron chi connectivity index (χ1n) is 0.698. The van der Waals surface area contributed by atoms with Crippen molar-refractivity contribution in [3.05, 3.63) is 0 Å². The van der Waals surface area contributed by atoms with Crippen molar-refractivity contribution in [3.8, 4) is 0 Å². The summed E-state index contributed by atoms with van der Waals surface area (Å²) in [4.78, 5) is 0. The van der Waals surface area contributed by atoms with E-state index in [0.29, 0.717) is 0 Å². The second-order valence-corrected chi connectivity index (χ2v) is 1.34. The molecule has 0 rings (SSSR count). The summed E-state index contributed by atoms with van der Waals surface area (Å²) in [5, 5.41) is 0. The van der Waals surface area contributed by atoms with Gasteiger partial charge >= 0.3 is 10.4 Å². The van der Waals surface area contributed by atoms with Crippen LogP contribution in [0.25, 0.3) is 0 Å². The minimum Gasteiger partial charge on any atom is -0.264 e. The molecule has 0 aliphatic rings. The molecule has 0 atom stereocenters. The fourth-order valence-electron chi connectivity index (χ4n) is 0. The fourth-order valence-corrected chi connectivity index (χ4v) is 0. The van der Waals surface area contributed by atoms with E-state index in [2.05, 4.69) is 0 Å². The molecule has 0 saturated heterocycles. The van der Waals surface area contributed by atoms with Crippen molar-refractivity contribution in [1.82, 2.24) is 0 Å². The van der Waals surface area contributed by atoms with E-state index in [1.54, 1.807) is 0 Å². The van der Waals surface area contributed by atoms with E-state index in [4.69, 9.17) is 17.5 Å². The van der Waals surface area contributed by atoms with Crippen molar-refractivity contribution >= 4 is 72.4 Å². The number of rotatable bonds is 0. The zero-order valence-corrected chi connectivity index (χ0v) is 9.06. The second kappa shape index (κ2) is 16.7. The zero-order chi connectivity index (χ0) is 4.50. The number of hydrogen-bond acceptors (Lipinski definition) is 2. The van der Waals surface area contributed by atoms with Gasteiger partial charge in [0.2, 0.25) is 0 Å². The van der Waals surface area contributed by atoms with Gasteiger partial charge in [-0.05, 0) is 0 Å². The molecule has 0 spiro atoms. The van der Waals surface area contributed by atoms with E-state index in [0.717, 1.165) is 0 Å². The Morgan fingerprint density at radius 1 is 0.700 bits per heavy atom. The molecular formula is H7Cl5O4S. The molecule has 0 saturated carbocycles. The third-order valence-electron chi connectivity index (χ3n) is 0. The van der Waals surface area contributed by atoms with Crippen molar-refractivity contribution in [2.24, 2.45) is 0 Å². The molecule has 0 aliphatic carbocycles. The molecule has 10 heteroatoms. The van der Waals surface area contributed by atoms with Crippen LogP contribution in [-0.2, 0) is 10.4 Å². The Labute approximate surface area is 89.8 Å². The van der Waals surface area contributed by atoms with E-state index in [9.17, 15) is 0 Å². The summed E-state index contributed by atoms with van der Waals surface area (Å²) >= 11 is 0. The van der Waals surface area contributed by atoms with E-state index in [1.807, 2.05) is 0 Å². The first kappa shape index (κ1) is 42.6. The summed E-state index contributed by atoms with van der Waals surface area (Å²) < 4.78 is 31.6. The maximum atomic E-state index is 8.74. The number of hydrogen-bond donors (Lipinski definition) is 2. The van der Waals surface area contributed by atoms with Gasteiger partial charge in [0, 0.05) is 0 Å². The number of halogens is 5. The van der Waals surface area contributed by atoms with E-state index in [1.165, 1.54) is 0 Å². The molecule has 72 valence electrons. The molecular weight excluding hydrogens is 273 g/mol. The first-order valence-corrected chi connectivity index (χ1v) is 2.10. The Bertz CT molecular complexity index is 96.8. The van der Waals surface area contributed by atoms with Gasteiger partial charge in [0.05, 0.1) is 0 Å². The molecule has 0 aromatic heterocycles. The van der Waals surface area contributed by atoms with Gasteiger partial charge < -0.3 is 0 Å². The molecule has 0 fully saturated rings. The van der Waals surface area contributed by atoms with Gasteiger partial charge in [0.15, 0.2) is 0 Å². The highest BCUT2D eigenvalue weighted by Crippen LogP contribution is 1.59. The average Bonchev–Trinajstić information content (AvgIpc) is 0.722. The van der Waals surface area contributed by atoms with E-state index < -0.39 is 10.4 Å². The van der Waals surface area contributed by atoms with Gasteiger partial charge in [0.1, 0.15) is 0 Å². The minimum absolute atomic E-state index is 0. The molecule has 0 bridgehead atoms. The van der Waals surface area contributed by atoms with Crippen LogP contribution in [0.2, 0.25) is 0 Å². The van der Waals surface area contributed by atoms with Gasteiger partial charge in [-0.1, -0.05) is 0 Å². The van der Waals surface area contributed by atoms with Gasteiger partial charge in [-0.25, -0.2) is 0 Å². The predicted molar refractivity (Wildman–Crippen MR) is 50.4 cm³/mol. The van der Waals surface area contributed by atoms with Crippen LogP contribution in [0.15, 0.2) is 0 Å². The maximum Gasteiger partial charge on any atom is 0.394 e. The van der Waals surface area contributed by atoms with E-state index >= 15 is 0 Å². The second-order valence-electron chi connectivity index (χ2n) is 0.448. The Kier molecular flexibility index (Phi) is 71.3. The van der Waals surface area contributed by atoms with Crippen LogP contribution < -0.4 is 0 Å². The summed E-state index contributed by atoms with van der Waals surface area (Å²) in [6.07, 6.45) is 0. The van der Waals surface area contributed by atoms with Crippen LogP contribution in [0, 0.1) is 0 Å². The standard InChI is InChI=1S/5ClH.H2O4S/c;;;;;1-5(2,3)4/h5*1H;(H2,1,2,3,4). The summed E-state index contributed by atoms with van der Waals surface area (Å²) in [6.45, 7) is 0. The van der Waals surface area contributed by atoms with Crippen LogP contribution in [0.3, 0.4) is 0 Å². The molecule has 0 heterocycles. The van der Waals surface area contributed by atoms with Crippen LogP contribution >= 0.6 is 62.0 Å². The highest BCUT2D eigenvalue weighted by atomic mass is 35.5. The summed E-state index contributed by atoms with van der Waals surface area (Å²) in [5.41, 5.74) is 0. The molecule has 0 aliphatic heterocycles. The van der Waals surface area contributed by atoms with E-state index in [-0.39, 0.29) is 62.0 Å². The highest BCUT2D eigenvalue weighted by Gasteiger charge is 1.84. The van der Waals surface area contributed by atoms with Gasteiger partial charge in [-0.3, -0.25) is 9.11 Å². The summed E-state index contributed by atoms with van der Waals surface area (Å²) in [5.74, 6) is 0. The molecule has 0 unspecified atom stereocenters. The van der Waals surface area contributed by atoms with Crippen molar-refractivity contribution in [2.45, 2.75) is 0 Å². The fraction of sp³-hybridized carbons (Fsp3) is 0. The molecule has 2 N–H and O–H groups in total. The lowest BCUT2D eigenvalue weighted by molar-refractivity contribution is 0.381. The third-order valence-corrected chi connectivity index (χ3v) is 0. The van der Waals surface area contributed by atoms with Crippen molar-refractivity contribution in [2.75, 3.05) is 0 Å². The van der Waals surface area contributed by atoms with Gasteiger partial charge in [-0.2, -0.15) is 8.42 Å². The molecule has 4 nitrogen and oxygen atoms in total. The summed E-state index contributed by atoms with van der Waals surface area (Å²) in [6, 6.07) is 0. The Morgan fingerprint density at radius 3 is 0.700 bits per heavy atom. The monoisotopic (exact) mass is 278 g/mol. The Balaban J connectivity index is -0.00000000800. The minimum atomic E-state index is -4.67. The van der Waals surface area contributed by atoms with Crippen LogP contribution in [0.4, 0.5) is 0 Å². The lowest BCUT2D eigenvalue weighted by atomic mass is 15.8. The normalized spacial score (nSPS) is 5.80. The lowest BCUT2D eigenvalue weighted by Crippen LogP contribution is -1.89. The maximum absolute atomic E-state index is 8.74. The molecule has 0 radical (unpaired) electrons. The Morgan fingerprint density at radius 2 is 0.700 bits per heavy atom. The zero-order valence-electron chi connectivity index (χ0n) is 4.16. The quantitative estimate of drug-likeness (QED) is 0.659. The molecule has 0 amide bonds. The van der Waals surface area contributed by atoms with Crippen molar-refractivity contribution < 1.29 is 17.5 Å². The molecule has 0 aromatic rings. The molecule has 0 aromatic carbocycles.